The molecule has 0 aliphatic carbocycles. The lowest BCUT2D eigenvalue weighted by atomic mass is 9.93. The number of nitrogens with one attached hydrogen (secondary N) is 1. The number of aldehydes is 1. The Labute approximate surface area is 300 Å². The van der Waals surface area contributed by atoms with Gasteiger partial charge in [-0.1, -0.05) is 62.3 Å². The standard InChI is InChI=1S/C8H15NO3.C6H12O2.C5H10O2.C5H10O.C4H11N.C4H10O.C4H10S/c1-8(2,3)9-6(10)4-5-7(11)12;1-6(2,3)4-5(7)8;1-5(2,3)4(6)7;1-5(2,3)4-6;3*1-4(2,3)5/h4-5H2,1-3H3,(H,9,10)(H,11,12);4H2,1-3H3,(H,7,8);1-3H3,(H,6,7);4H,1-3H3;5H2,1-3H3;2*5H,1-3H3. The van der Waals surface area contributed by atoms with E-state index in [1.165, 1.54) is 0 Å². The van der Waals surface area contributed by atoms with Crippen molar-refractivity contribution in [2.24, 2.45) is 22.0 Å². The predicted octanol–water partition coefficient (Wildman–Crippen LogP) is 7.86. The molecule has 11 nitrogen and oxygen atoms in total. The highest BCUT2D eigenvalue weighted by atomic mass is 32.1. The van der Waals surface area contributed by atoms with Crippen LogP contribution in [-0.2, 0) is 24.0 Å². The fraction of sp³-hybridized carbons (Fsp3) is 0.861. The van der Waals surface area contributed by atoms with Gasteiger partial charge in [0, 0.05) is 27.7 Å². The Kier molecular flexibility index (Phi) is 33.9. The van der Waals surface area contributed by atoms with E-state index in [0.717, 1.165) is 6.29 Å². The summed E-state index contributed by atoms with van der Waals surface area (Å²) in [5.74, 6) is -2.64. The van der Waals surface area contributed by atoms with E-state index in [1.54, 1.807) is 41.5 Å². The topological polar surface area (TPSA) is 204 Å². The second-order valence-corrected chi connectivity index (χ2v) is 19.9. The zero-order valence-corrected chi connectivity index (χ0v) is 35.4. The molecule has 0 aliphatic heterocycles. The minimum Gasteiger partial charge on any atom is -0.481 e. The number of carbonyl (C=O) groups excluding carboxylic acids is 2. The molecule has 0 rings (SSSR count). The van der Waals surface area contributed by atoms with E-state index in [4.69, 9.17) is 26.2 Å². The van der Waals surface area contributed by atoms with Gasteiger partial charge in [-0.2, -0.15) is 12.6 Å². The van der Waals surface area contributed by atoms with Gasteiger partial charge in [0.1, 0.15) is 6.29 Å². The number of aliphatic carboxylic acids is 3. The summed E-state index contributed by atoms with van der Waals surface area (Å²) in [6.07, 6.45) is 1.12. The fourth-order valence-electron chi connectivity index (χ4n) is 1.15. The smallest absolute Gasteiger partial charge is 0.308 e. The summed E-state index contributed by atoms with van der Waals surface area (Å²) >= 11 is 4.12. The van der Waals surface area contributed by atoms with Gasteiger partial charge in [-0.3, -0.25) is 19.2 Å². The third kappa shape index (κ3) is 169. The van der Waals surface area contributed by atoms with Crippen molar-refractivity contribution in [3.8, 4) is 0 Å². The molecule has 0 aromatic heterocycles. The SMILES string of the molecule is CC(C)(C)C(=O)O.CC(C)(C)C=O.CC(C)(C)CC(=O)O.CC(C)(C)N.CC(C)(C)NC(=O)CCC(=O)O.CC(C)(C)O.CC(C)(C)S. The Morgan fingerprint density at radius 3 is 0.958 bits per heavy atom. The lowest BCUT2D eigenvalue weighted by molar-refractivity contribution is -0.146. The quantitative estimate of drug-likeness (QED) is 0.111. The maximum Gasteiger partial charge on any atom is 0.308 e. The highest BCUT2D eigenvalue weighted by Gasteiger charge is 2.19. The maximum absolute atomic E-state index is 11.0. The second kappa shape index (κ2) is 26.7. The number of aliphatic hydroxyl groups is 1. The van der Waals surface area contributed by atoms with Gasteiger partial charge in [-0.05, 0) is 88.5 Å². The zero-order chi connectivity index (χ0) is 41.3. The maximum atomic E-state index is 11.0. The number of rotatable bonds is 4. The number of carboxylic acids is 3. The molecule has 0 atom stereocenters. The van der Waals surface area contributed by atoms with Crippen molar-refractivity contribution in [2.75, 3.05) is 0 Å². The molecule has 0 aromatic carbocycles. The van der Waals surface area contributed by atoms with Gasteiger partial charge in [0.15, 0.2) is 0 Å². The molecule has 0 radical (unpaired) electrons. The number of carboxylic acid groups (broad SMARTS) is 3. The largest absolute Gasteiger partial charge is 0.481 e. The minimum absolute atomic E-state index is 0. The van der Waals surface area contributed by atoms with Gasteiger partial charge in [0.25, 0.3) is 0 Å². The van der Waals surface area contributed by atoms with Gasteiger partial charge in [0.05, 0.1) is 23.9 Å². The Balaban J connectivity index is -0.0000000841. The summed E-state index contributed by atoms with van der Waals surface area (Å²) in [5.41, 5.74) is 3.77. The highest BCUT2D eigenvalue weighted by Crippen LogP contribution is 2.17. The van der Waals surface area contributed by atoms with Crippen LogP contribution in [0.5, 0.6) is 0 Å². The van der Waals surface area contributed by atoms with E-state index >= 15 is 0 Å². The molecular weight excluding hydrogens is 636 g/mol. The molecule has 0 unspecified atom stereocenters. The van der Waals surface area contributed by atoms with Crippen molar-refractivity contribution in [1.82, 2.24) is 5.32 Å². The van der Waals surface area contributed by atoms with Gasteiger partial charge in [0.2, 0.25) is 5.91 Å². The van der Waals surface area contributed by atoms with Crippen LogP contribution in [0.1, 0.15) is 165 Å². The molecule has 1 amide bonds. The summed E-state index contributed by atoms with van der Waals surface area (Å²) in [4.78, 5) is 50.9. The summed E-state index contributed by atoms with van der Waals surface area (Å²) in [5, 5.41) is 36.0. The van der Waals surface area contributed by atoms with Crippen LogP contribution in [0.2, 0.25) is 0 Å². The summed E-state index contributed by atoms with van der Waals surface area (Å²) in [6, 6.07) is 0. The molecule has 0 bridgehead atoms. The predicted molar refractivity (Wildman–Crippen MR) is 204 cm³/mol. The third-order valence-corrected chi connectivity index (χ3v) is 2.76. The molecule has 0 spiro atoms. The summed E-state index contributed by atoms with van der Waals surface area (Å²) in [6.45, 7) is 39.2. The van der Waals surface area contributed by atoms with Gasteiger partial charge < -0.3 is 36.3 Å². The molecule has 292 valence electrons. The first-order valence-corrected chi connectivity index (χ1v) is 16.4. The number of hydrogen-bond acceptors (Lipinski definition) is 8. The molecule has 48 heavy (non-hydrogen) atoms. The molecular formula is C36H78N2O9S. The van der Waals surface area contributed by atoms with Gasteiger partial charge >= 0.3 is 17.9 Å². The van der Waals surface area contributed by atoms with E-state index in [1.807, 2.05) is 83.1 Å². The number of carbonyl (C=O) groups is 5. The van der Waals surface area contributed by atoms with Crippen molar-refractivity contribution in [3.63, 3.8) is 0 Å². The van der Waals surface area contributed by atoms with Crippen LogP contribution in [0.4, 0.5) is 0 Å². The molecule has 0 fully saturated rings. The normalized spacial score (nSPS) is 11.4. The van der Waals surface area contributed by atoms with Crippen LogP contribution < -0.4 is 11.1 Å². The van der Waals surface area contributed by atoms with Crippen molar-refractivity contribution >= 4 is 42.7 Å². The molecule has 0 aromatic rings. The average Bonchev–Trinajstić information content (AvgIpc) is 2.65. The Bertz CT molecular complexity index is 824. The summed E-state index contributed by atoms with van der Waals surface area (Å²) in [7, 11) is 0. The van der Waals surface area contributed by atoms with E-state index in [2.05, 4.69) is 38.7 Å². The Morgan fingerprint density at radius 1 is 0.646 bits per heavy atom. The molecule has 0 heterocycles. The molecule has 0 saturated heterocycles. The first kappa shape index (κ1) is 61.1. The van der Waals surface area contributed by atoms with Crippen molar-refractivity contribution in [1.29, 1.82) is 0 Å². The van der Waals surface area contributed by atoms with E-state index in [-0.39, 0.29) is 51.8 Å². The van der Waals surface area contributed by atoms with Crippen LogP contribution in [-0.4, -0.2) is 72.0 Å². The van der Waals surface area contributed by atoms with Crippen molar-refractivity contribution in [2.45, 2.75) is 186 Å². The number of thiol groups is 1. The summed E-state index contributed by atoms with van der Waals surface area (Å²) < 4.78 is 0.194. The highest BCUT2D eigenvalue weighted by molar-refractivity contribution is 7.81. The lowest BCUT2D eigenvalue weighted by Crippen LogP contribution is -2.40. The monoisotopic (exact) mass is 715 g/mol. The Morgan fingerprint density at radius 2 is 0.875 bits per heavy atom. The Hall–Kier alpha value is -2.18. The van der Waals surface area contributed by atoms with E-state index < -0.39 is 28.9 Å². The van der Waals surface area contributed by atoms with Crippen LogP contribution in [0.25, 0.3) is 0 Å². The molecule has 12 heteroatoms. The van der Waals surface area contributed by atoms with Gasteiger partial charge in [-0.15, -0.1) is 0 Å². The van der Waals surface area contributed by atoms with Gasteiger partial charge in [-0.25, -0.2) is 0 Å². The zero-order valence-electron chi connectivity index (χ0n) is 34.6. The number of nitrogens with two attached hydrogens (primary N) is 1. The lowest BCUT2D eigenvalue weighted by Gasteiger charge is -2.20. The fourth-order valence-corrected chi connectivity index (χ4v) is 1.15. The minimum atomic E-state index is -0.945. The second-order valence-electron chi connectivity index (χ2n) is 18.6. The van der Waals surface area contributed by atoms with Crippen LogP contribution >= 0.6 is 12.6 Å². The number of amides is 1. The van der Waals surface area contributed by atoms with Crippen LogP contribution in [0.15, 0.2) is 0 Å². The van der Waals surface area contributed by atoms with Crippen molar-refractivity contribution < 1.29 is 44.4 Å². The first-order chi connectivity index (χ1) is 20.2. The molecule has 0 aliphatic rings. The van der Waals surface area contributed by atoms with Crippen LogP contribution in [0.3, 0.4) is 0 Å². The first-order valence-electron chi connectivity index (χ1n) is 15.9. The van der Waals surface area contributed by atoms with E-state index in [9.17, 15) is 24.0 Å². The van der Waals surface area contributed by atoms with Crippen LogP contribution in [0, 0.1) is 16.2 Å². The average molecular weight is 715 g/mol. The van der Waals surface area contributed by atoms with E-state index in [0.29, 0.717) is 0 Å². The van der Waals surface area contributed by atoms with Crippen molar-refractivity contribution in [3.05, 3.63) is 0 Å². The number of hydrogen-bond donors (Lipinski definition) is 7. The molecule has 0 saturated carbocycles. The molecule has 7 N–H and O–H groups in total. The third-order valence-electron chi connectivity index (χ3n) is 2.76.